The van der Waals surface area contributed by atoms with Gasteiger partial charge in [-0.1, -0.05) is 30.3 Å². The predicted molar refractivity (Wildman–Crippen MR) is 116 cm³/mol. The number of Topliss-reactive ketones (excluding diaryl/α,β-unsaturated/α-hetero) is 1. The molecule has 0 saturated carbocycles. The molecule has 0 radical (unpaired) electrons. The molecule has 1 aromatic carbocycles. The molecule has 0 N–H and O–H groups in total. The fraction of sp³-hybridized carbons (Fsp3) is 0.300. The van der Waals surface area contributed by atoms with E-state index in [1.165, 1.54) is 23.1 Å². The van der Waals surface area contributed by atoms with Crippen molar-refractivity contribution in [3.8, 4) is 11.4 Å². The molecule has 2 aromatic heterocycles. The Morgan fingerprint density at radius 1 is 1.14 bits per heavy atom. The normalized spacial score (nSPS) is 10.9. The number of ether oxygens (including phenoxy) is 1. The number of benzene rings is 1. The average molecular weight is 450 g/mol. The summed E-state index contributed by atoms with van der Waals surface area (Å²) in [5.74, 6) is 0.111. The zero-order chi connectivity index (χ0) is 20.8. The van der Waals surface area contributed by atoms with Crippen LogP contribution in [0.25, 0.3) is 11.4 Å². The van der Waals surface area contributed by atoms with Gasteiger partial charge in [-0.05, 0) is 49.7 Å². The summed E-state index contributed by atoms with van der Waals surface area (Å²) in [7, 11) is 0. The van der Waals surface area contributed by atoms with Crippen molar-refractivity contribution in [2.24, 2.45) is 0 Å². The lowest BCUT2D eigenvalue weighted by Crippen LogP contribution is -2.15. The predicted octanol–water partition coefficient (Wildman–Crippen LogP) is 4.76. The van der Waals surface area contributed by atoms with Crippen LogP contribution in [0.1, 0.15) is 28.4 Å². The van der Waals surface area contributed by atoms with Crippen LogP contribution in [0.5, 0.6) is 0 Å². The number of carbonyl (C=O) groups excluding carboxylic acids is 2. The molecule has 3 aromatic rings. The van der Waals surface area contributed by atoms with Crippen LogP contribution in [-0.2, 0) is 22.5 Å². The Hall–Kier alpha value is -2.16. The summed E-state index contributed by atoms with van der Waals surface area (Å²) in [6.45, 7) is 4.42. The topological polar surface area (TPSA) is 74.1 Å². The van der Waals surface area contributed by atoms with E-state index in [9.17, 15) is 9.59 Å². The van der Waals surface area contributed by atoms with Gasteiger partial charge in [0.15, 0.2) is 17.6 Å². The van der Waals surface area contributed by atoms with Gasteiger partial charge in [-0.25, -0.2) is 0 Å². The second-order valence-electron chi connectivity index (χ2n) is 6.05. The molecular formula is C20H20ClN3O3S2. The van der Waals surface area contributed by atoms with Crippen molar-refractivity contribution in [1.29, 1.82) is 0 Å². The molecule has 0 aliphatic heterocycles. The SMILES string of the molecule is CCc1ccc(C(=O)COC(=O)CSc2nnc(-c3ccc(Cl)cc3)n2CC)s1. The van der Waals surface area contributed by atoms with E-state index < -0.39 is 5.97 Å². The number of esters is 1. The molecule has 0 amide bonds. The van der Waals surface area contributed by atoms with E-state index >= 15 is 0 Å². The molecule has 0 fully saturated rings. The van der Waals surface area contributed by atoms with E-state index in [1.807, 2.05) is 36.6 Å². The van der Waals surface area contributed by atoms with Gasteiger partial charge in [0.25, 0.3) is 0 Å². The quantitative estimate of drug-likeness (QED) is 0.266. The standard InChI is InChI=1S/C20H20ClN3O3S2/c1-3-15-9-10-17(29-15)16(25)11-27-18(26)12-28-20-23-22-19(24(20)4-2)13-5-7-14(21)8-6-13/h5-10H,3-4,11-12H2,1-2H3. The molecule has 6 nitrogen and oxygen atoms in total. The average Bonchev–Trinajstić information content (AvgIpc) is 3.37. The van der Waals surface area contributed by atoms with Gasteiger partial charge in [0.1, 0.15) is 0 Å². The first kappa shape index (κ1) is 21.5. The molecule has 3 rings (SSSR count). The first-order valence-corrected chi connectivity index (χ1v) is 11.3. The number of hydrogen-bond donors (Lipinski definition) is 0. The van der Waals surface area contributed by atoms with Crippen molar-refractivity contribution in [3.63, 3.8) is 0 Å². The van der Waals surface area contributed by atoms with Crippen molar-refractivity contribution < 1.29 is 14.3 Å². The van der Waals surface area contributed by atoms with Crippen LogP contribution in [0.3, 0.4) is 0 Å². The van der Waals surface area contributed by atoms with Crippen LogP contribution in [0, 0.1) is 0 Å². The van der Waals surface area contributed by atoms with E-state index in [-0.39, 0.29) is 18.1 Å². The zero-order valence-electron chi connectivity index (χ0n) is 16.1. The lowest BCUT2D eigenvalue weighted by atomic mass is 10.2. The lowest BCUT2D eigenvalue weighted by molar-refractivity contribution is -0.139. The maximum Gasteiger partial charge on any atom is 0.316 e. The third-order valence-corrected chi connectivity index (χ3v) is 6.57. The molecule has 0 aliphatic rings. The first-order chi connectivity index (χ1) is 14.0. The minimum Gasteiger partial charge on any atom is -0.457 e. The maximum atomic E-state index is 12.1. The Labute approximate surface area is 182 Å². The van der Waals surface area contributed by atoms with Gasteiger partial charge in [-0.2, -0.15) is 0 Å². The third kappa shape index (κ3) is 5.46. The highest BCUT2D eigenvalue weighted by Crippen LogP contribution is 2.25. The van der Waals surface area contributed by atoms with Gasteiger partial charge >= 0.3 is 5.97 Å². The number of carbonyl (C=O) groups is 2. The number of thioether (sulfide) groups is 1. The molecule has 0 unspecified atom stereocenters. The van der Waals surface area contributed by atoms with E-state index in [2.05, 4.69) is 10.2 Å². The zero-order valence-corrected chi connectivity index (χ0v) is 18.4. The van der Waals surface area contributed by atoms with E-state index in [0.29, 0.717) is 27.4 Å². The van der Waals surface area contributed by atoms with Crippen LogP contribution >= 0.6 is 34.7 Å². The fourth-order valence-electron chi connectivity index (χ4n) is 2.59. The van der Waals surface area contributed by atoms with Gasteiger partial charge in [-0.15, -0.1) is 21.5 Å². The molecule has 9 heteroatoms. The van der Waals surface area contributed by atoms with Crippen molar-refractivity contribution in [2.45, 2.75) is 32.0 Å². The first-order valence-electron chi connectivity index (χ1n) is 9.11. The molecule has 0 bridgehead atoms. The van der Waals surface area contributed by atoms with Crippen LogP contribution < -0.4 is 0 Å². The molecule has 0 spiro atoms. The summed E-state index contributed by atoms with van der Waals surface area (Å²) in [6.07, 6.45) is 0.879. The Morgan fingerprint density at radius 2 is 1.90 bits per heavy atom. The van der Waals surface area contributed by atoms with Crippen molar-refractivity contribution >= 4 is 46.5 Å². The highest BCUT2D eigenvalue weighted by molar-refractivity contribution is 7.99. The monoisotopic (exact) mass is 449 g/mol. The molecule has 0 aliphatic carbocycles. The summed E-state index contributed by atoms with van der Waals surface area (Å²) in [6, 6.07) is 11.0. The number of aryl methyl sites for hydroxylation is 1. The lowest BCUT2D eigenvalue weighted by Gasteiger charge is -2.07. The largest absolute Gasteiger partial charge is 0.457 e. The van der Waals surface area contributed by atoms with E-state index in [1.54, 1.807) is 18.2 Å². The van der Waals surface area contributed by atoms with Gasteiger partial charge < -0.3 is 9.30 Å². The summed E-state index contributed by atoms with van der Waals surface area (Å²) < 4.78 is 7.05. The van der Waals surface area contributed by atoms with Crippen molar-refractivity contribution in [3.05, 3.63) is 51.2 Å². The van der Waals surface area contributed by atoms with E-state index in [4.69, 9.17) is 16.3 Å². The molecule has 2 heterocycles. The van der Waals surface area contributed by atoms with Crippen LogP contribution in [0.2, 0.25) is 5.02 Å². The van der Waals surface area contributed by atoms with Crippen molar-refractivity contribution in [2.75, 3.05) is 12.4 Å². The molecule has 0 saturated heterocycles. The second kappa shape index (κ2) is 10.0. The van der Waals surface area contributed by atoms with Crippen LogP contribution in [0.15, 0.2) is 41.6 Å². The number of thiophene rings is 1. The maximum absolute atomic E-state index is 12.1. The number of rotatable bonds is 9. The summed E-state index contributed by atoms with van der Waals surface area (Å²) in [5, 5.41) is 9.68. The summed E-state index contributed by atoms with van der Waals surface area (Å²) in [4.78, 5) is 25.9. The molecule has 0 atom stereocenters. The summed E-state index contributed by atoms with van der Waals surface area (Å²) >= 11 is 8.61. The van der Waals surface area contributed by atoms with Gasteiger partial charge in [0, 0.05) is 22.0 Å². The Morgan fingerprint density at radius 3 is 2.55 bits per heavy atom. The number of nitrogens with zero attached hydrogens (tertiary/aromatic N) is 3. The minimum absolute atomic E-state index is 0.0523. The molecule has 152 valence electrons. The van der Waals surface area contributed by atoms with Gasteiger partial charge in [0.05, 0.1) is 10.6 Å². The van der Waals surface area contributed by atoms with Crippen LogP contribution in [-0.4, -0.2) is 38.9 Å². The smallest absolute Gasteiger partial charge is 0.316 e. The Balaban J connectivity index is 1.56. The molecule has 29 heavy (non-hydrogen) atoms. The highest BCUT2D eigenvalue weighted by atomic mass is 35.5. The second-order valence-corrected chi connectivity index (χ2v) is 8.60. The Kier molecular flexibility index (Phi) is 7.46. The fourth-order valence-corrected chi connectivity index (χ4v) is 4.39. The Bertz CT molecular complexity index is 999. The van der Waals surface area contributed by atoms with Crippen LogP contribution in [0.4, 0.5) is 0 Å². The number of ketones is 1. The number of hydrogen-bond acceptors (Lipinski definition) is 7. The number of halogens is 1. The van der Waals surface area contributed by atoms with Gasteiger partial charge in [0.2, 0.25) is 5.78 Å². The third-order valence-electron chi connectivity index (χ3n) is 4.10. The van der Waals surface area contributed by atoms with Crippen molar-refractivity contribution in [1.82, 2.24) is 14.8 Å². The molecular weight excluding hydrogens is 430 g/mol. The highest BCUT2D eigenvalue weighted by Gasteiger charge is 2.16. The minimum atomic E-state index is -0.464. The number of aromatic nitrogens is 3. The van der Waals surface area contributed by atoms with Gasteiger partial charge in [-0.3, -0.25) is 9.59 Å². The summed E-state index contributed by atoms with van der Waals surface area (Å²) in [5.41, 5.74) is 0.895. The van der Waals surface area contributed by atoms with E-state index in [0.717, 1.165) is 16.9 Å².